The first-order valence-electron chi connectivity index (χ1n) is 9.17. The molecule has 2 rings (SSSR count). The fourth-order valence-electron chi connectivity index (χ4n) is 3.04. The number of anilines is 1. The number of aryl methyl sites for hydroxylation is 4. The summed E-state index contributed by atoms with van der Waals surface area (Å²) in [4.78, 5) is 25.4. The first-order chi connectivity index (χ1) is 12.4. The number of carbonyl (C=O) groups excluding carboxylic acids is 1. The maximum atomic E-state index is 12.9. The highest BCUT2D eigenvalue weighted by molar-refractivity contribution is 6.30. The Morgan fingerprint density at radius 1 is 1.12 bits per heavy atom. The summed E-state index contributed by atoms with van der Waals surface area (Å²) < 4.78 is 5.70. The Morgan fingerprint density at radius 2 is 1.73 bits per heavy atom. The van der Waals surface area contributed by atoms with Crippen molar-refractivity contribution in [3.8, 4) is 0 Å². The molecule has 0 atom stereocenters. The summed E-state index contributed by atoms with van der Waals surface area (Å²) in [6.45, 7) is 7.80. The van der Waals surface area contributed by atoms with Crippen molar-refractivity contribution in [2.45, 2.75) is 59.8 Å². The minimum Gasteiger partial charge on any atom is -0.465 e. The van der Waals surface area contributed by atoms with Crippen LogP contribution in [0.2, 0.25) is 5.02 Å². The minimum atomic E-state index is -0.420. The van der Waals surface area contributed by atoms with Crippen LogP contribution in [0.3, 0.4) is 0 Å². The summed E-state index contributed by atoms with van der Waals surface area (Å²) in [5.41, 5.74) is 2.44. The summed E-state index contributed by atoms with van der Waals surface area (Å²) >= 11 is 6.18. The summed E-state index contributed by atoms with van der Waals surface area (Å²) in [7, 11) is 0. The second kappa shape index (κ2) is 9.04. The molecule has 1 amide bonds. The largest absolute Gasteiger partial charge is 0.465 e. The maximum Gasteiger partial charge on any atom is 0.263 e. The van der Waals surface area contributed by atoms with Gasteiger partial charge in [0.2, 0.25) is 0 Å². The van der Waals surface area contributed by atoms with Gasteiger partial charge in [-0.3, -0.25) is 9.59 Å². The summed E-state index contributed by atoms with van der Waals surface area (Å²) in [6, 6.07) is 5.07. The molecule has 1 aromatic carbocycles. The summed E-state index contributed by atoms with van der Waals surface area (Å²) in [5.74, 6) is 0.559. The molecule has 0 aliphatic carbocycles. The Morgan fingerprint density at radius 3 is 2.27 bits per heavy atom. The van der Waals surface area contributed by atoms with E-state index in [0.29, 0.717) is 23.0 Å². The van der Waals surface area contributed by atoms with Crippen LogP contribution in [0.25, 0.3) is 0 Å². The molecular formula is C21H26ClNO3. The van der Waals surface area contributed by atoms with Gasteiger partial charge in [0.1, 0.15) is 17.1 Å². The fourth-order valence-corrected chi connectivity index (χ4v) is 3.30. The van der Waals surface area contributed by atoms with Gasteiger partial charge in [-0.25, -0.2) is 0 Å². The number of carbonyl (C=O) groups is 1. The van der Waals surface area contributed by atoms with Crippen LogP contribution in [-0.2, 0) is 19.3 Å². The molecule has 0 bridgehead atoms. The molecule has 2 aromatic rings. The highest BCUT2D eigenvalue weighted by atomic mass is 35.5. The Hall–Kier alpha value is -2.07. The van der Waals surface area contributed by atoms with E-state index < -0.39 is 5.91 Å². The predicted molar refractivity (Wildman–Crippen MR) is 106 cm³/mol. The van der Waals surface area contributed by atoms with E-state index in [0.717, 1.165) is 42.5 Å². The fraction of sp³-hybridized carbons (Fsp3) is 0.429. The van der Waals surface area contributed by atoms with Gasteiger partial charge in [0.25, 0.3) is 5.91 Å². The number of rotatable bonds is 7. The van der Waals surface area contributed by atoms with E-state index in [1.807, 2.05) is 26.0 Å². The van der Waals surface area contributed by atoms with Crippen molar-refractivity contribution in [3.05, 3.63) is 61.7 Å². The van der Waals surface area contributed by atoms with Crippen molar-refractivity contribution in [2.75, 3.05) is 5.32 Å². The van der Waals surface area contributed by atoms with Crippen LogP contribution in [0.1, 0.15) is 66.6 Å². The molecule has 26 heavy (non-hydrogen) atoms. The Kier molecular flexibility index (Phi) is 7.04. The van der Waals surface area contributed by atoms with Crippen LogP contribution >= 0.6 is 11.6 Å². The number of amides is 1. The lowest BCUT2D eigenvalue weighted by Crippen LogP contribution is -2.24. The van der Waals surface area contributed by atoms with Crippen molar-refractivity contribution in [3.63, 3.8) is 0 Å². The molecule has 0 saturated heterocycles. The van der Waals surface area contributed by atoms with Gasteiger partial charge in [-0.1, -0.05) is 38.8 Å². The molecule has 1 aromatic heterocycles. The Labute approximate surface area is 159 Å². The molecule has 5 heteroatoms. The van der Waals surface area contributed by atoms with Gasteiger partial charge in [0.15, 0.2) is 5.43 Å². The second-order valence-electron chi connectivity index (χ2n) is 6.38. The zero-order valence-corrected chi connectivity index (χ0v) is 16.6. The topological polar surface area (TPSA) is 59.3 Å². The van der Waals surface area contributed by atoms with Gasteiger partial charge in [-0.2, -0.15) is 0 Å². The standard InChI is InChI=1S/C21H26ClNO3/c1-5-8-9-18-19(17(24)10-13(4)26-18)21(25)23-20-14(6-2)11-16(22)12-15(20)7-3/h10-12H,5-9H2,1-4H3,(H,23,25). The molecule has 0 fully saturated rings. The van der Waals surface area contributed by atoms with Crippen molar-refractivity contribution >= 4 is 23.2 Å². The molecule has 1 N–H and O–H groups in total. The van der Waals surface area contributed by atoms with E-state index in [1.165, 1.54) is 6.07 Å². The summed E-state index contributed by atoms with van der Waals surface area (Å²) in [5, 5.41) is 3.59. The monoisotopic (exact) mass is 375 g/mol. The Balaban J connectivity index is 2.47. The van der Waals surface area contributed by atoms with Crippen molar-refractivity contribution in [2.24, 2.45) is 0 Å². The van der Waals surface area contributed by atoms with Crippen LogP contribution < -0.4 is 10.7 Å². The molecule has 0 aliphatic rings. The van der Waals surface area contributed by atoms with Gasteiger partial charge in [-0.15, -0.1) is 0 Å². The van der Waals surface area contributed by atoms with Crippen molar-refractivity contribution in [1.82, 2.24) is 0 Å². The molecule has 140 valence electrons. The predicted octanol–water partition coefficient (Wildman–Crippen LogP) is 5.32. The smallest absolute Gasteiger partial charge is 0.263 e. The van der Waals surface area contributed by atoms with E-state index >= 15 is 0 Å². The first kappa shape index (κ1) is 20.2. The molecule has 0 unspecified atom stereocenters. The maximum absolute atomic E-state index is 12.9. The average molecular weight is 376 g/mol. The van der Waals surface area contributed by atoms with E-state index in [4.69, 9.17) is 16.0 Å². The normalized spacial score (nSPS) is 10.8. The second-order valence-corrected chi connectivity index (χ2v) is 6.82. The number of benzene rings is 1. The lowest BCUT2D eigenvalue weighted by Gasteiger charge is -2.16. The third kappa shape index (κ3) is 4.55. The molecule has 0 saturated carbocycles. The van der Waals surface area contributed by atoms with Gasteiger partial charge < -0.3 is 9.73 Å². The van der Waals surface area contributed by atoms with E-state index in [2.05, 4.69) is 12.2 Å². The zero-order chi connectivity index (χ0) is 19.3. The van der Waals surface area contributed by atoms with Crippen LogP contribution in [0.4, 0.5) is 5.69 Å². The number of nitrogens with one attached hydrogen (secondary N) is 1. The molecule has 0 spiro atoms. The zero-order valence-electron chi connectivity index (χ0n) is 15.9. The Bertz CT molecular complexity index is 830. The molecule has 0 radical (unpaired) electrons. The third-order valence-electron chi connectivity index (χ3n) is 4.40. The minimum absolute atomic E-state index is 0.100. The van der Waals surface area contributed by atoms with Crippen LogP contribution in [0, 0.1) is 6.92 Å². The van der Waals surface area contributed by atoms with E-state index in [1.54, 1.807) is 6.92 Å². The number of hydrogen-bond donors (Lipinski definition) is 1. The van der Waals surface area contributed by atoms with Crippen LogP contribution in [0.5, 0.6) is 0 Å². The number of unbranched alkanes of at least 4 members (excludes halogenated alkanes) is 1. The molecule has 0 aliphatic heterocycles. The van der Waals surface area contributed by atoms with Crippen LogP contribution in [0.15, 0.2) is 27.4 Å². The van der Waals surface area contributed by atoms with Crippen molar-refractivity contribution in [1.29, 1.82) is 0 Å². The SMILES string of the molecule is CCCCc1oc(C)cc(=O)c1C(=O)Nc1c(CC)cc(Cl)cc1CC. The highest BCUT2D eigenvalue weighted by Crippen LogP contribution is 2.28. The van der Waals surface area contributed by atoms with E-state index in [9.17, 15) is 9.59 Å². The van der Waals surface area contributed by atoms with E-state index in [-0.39, 0.29) is 11.0 Å². The number of halogens is 1. The molecular weight excluding hydrogens is 350 g/mol. The number of hydrogen-bond acceptors (Lipinski definition) is 3. The quantitative estimate of drug-likeness (QED) is 0.712. The molecule has 1 heterocycles. The van der Waals surface area contributed by atoms with Gasteiger partial charge in [-0.05, 0) is 49.4 Å². The summed E-state index contributed by atoms with van der Waals surface area (Å²) in [6.07, 6.45) is 3.84. The molecule has 4 nitrogen and oxygen atoms in total. The average Bonchev–Trinajstić information content (AvgIpc) is 2.60. The lowest BCUT2D eigenvalue weighted by molar-refractivity contribution is 0.102. The van der Waals surface area contributed by atoms with Crippen molar-refractivity contribution < 1.29 is 9.21 Å². The third-order valence-corrected chi connectivity index (χ3v) is 4.61. The first-order valence-corrected chi connectivity index (χ1v) is 9.55. The van der Waals surface area contributed by atoms with Gasteiger partial charge in [0.05, 0.1) is 0 Å². The van der Waals surface area contributed by atoms with Crippen LogP contribution in [-0.4, -0.2) is 5.91 Å². The lowest BCUT2D eigenvalue weighted by atomic mass is 10.0. The van der Waals surface area contributed by atoms with Gasteiger partial charge >= 0.3 is 0 Å². The van der Waals surface area contributed by atoms with Gasteiger partial charge in [0, 0.05) is 23.2 Å². The highest BCUT2D eigenvalue weighted by Gasteiger charge is 2.20.